The molecule has 0 spiro atoms. The van der Waals surface area contributed by atoms with Crippen molar-refractivity contribution in [2.75, 3.05) is 16.4 Å². The molecule has 0 saturated heterocycles. The molecule has 0 aliphatic rings. The van der Waals surface area contributed by atoms with Gasteiger partial charge in [0.15, 0.2) is 5.82 Å². The van der Waals surface area contributed by atoms with Gasteiger partial charge in [0, 0.05) is 47.3 Å². The smallest absolute Gasteiger partial charge is 0.291 e. The fourth-order valence-corrected chi connectivity index (χ4v) is 5.53. The second-order valence-electron chi connectivity index (χ2n) is 8.67. The van der Waals surface area contributed by atoms with E-state index in [1.54, 1.807) is 45.1 Å². The minimum atomic E-state index is -0.270. The van der Waals surface area contributed by atoms with Crippen molar-refractivity contribution in [2.24, 2.45) is 14.1 Å². The first-order valence-electron chi connectivity index (χ1n) is 11.6. The zero-order valence-electron chi connectivity index (χ0n) is 21.7. The van der Waals surface area contributed by atoms with E-state index in [0.717, 1.165) is 27.8 Å². The lowest BCUT2D eigenvalue weighted by Gasteiger charge is -2.05. The lowest BCUT2D eigenvalue weighted by atomic mass is 10.2. The van der Waals surface area contributed by atoms with Crippen LogP contribution in [0.5, 0.6) is 0 Å². The first-order valence-corrected chi connectivity index (χ1v) is 13.4. The van der Waals surface area contributed by atoms with Gasteiger partial charge >= 0.3 is 0 Å². The van der Waals surface area contributed by atoms with Gasteiger partial charge in [-0.25, -0.2) is 9.97 Å². The number of rotatable bonds is 4. The monoisotopic (exact) mass is 615 g/mol. The van der Waals surface area contributed by atoms with Crippen LogP contribution in [0.1, 0.15) is 26.9 Å². The van der Waals surface area contributed by atoms with Crippen molar-refractivity contribution < 1.29 is 9.59 Å². The summed E-state index contributed by atoms with van der Waals surface area (Å²) >= 11 is 3.36. The predicted molar refractivity (Wildman–Crippen MR) is 170 cm³/mol. The second-order valence-corrected chi connectivity index (χ2v) is 10.6. The number of imidazole rings is 2. The predicted octanol–water partition coefficient (Wildman–Crippen LogP) is 6.51. The minimum absolute atomic E-state index is 0. The summed E-state index contributed by atoms with van der Waals surface area (Å²) in [6, 6.07) is 15.8. The lowest BCUT2D eigenvalue weighted by molar-refractivity contribution is 0.100. The summed E-state index contributed by atoms with van der Waals surface area (Å²) in [6.45, 7) is 1.87. The molecule has 6 rings (SSSR count). The molecule has 0 fully saturated rings. The van der Waals surface area contributed by atoms with Gasteiger partial charge in [-0.05, 0) is 77.0 Å². The molecule has 40 heavy (non-hydrogen) atoms. The van der Waals surface area contributed by atoms with E-state index in [4.69, 9.17) is 5.73 Å². The maximum absolute atomic E-state index is 12.1. The molecule has 0 bridgehead atoms. The quantitative estimate of drug-likeness (QED) is 0.209. The molecule has 6 aromatic rings. The molecule has 2 aromatic carbocycles. The third kappa shape index (κ3) is 6.80. The standard InChI is InChI=1S/C14H13N3OS.C13H12N4OS.2ClH/c1-9-8-17(2)13(15-9)14(18)16-11-3-4-12-10(7-11)5-6-19-12;1-17-7-11(14)16-12(17)13(18)15-9-2-3-10-8(6-9)4-5-19-10;;/h3-8H,1-2H3,(H,16,18);2-7H,14H2,1H3,(H,15,18);2*1H. The third-order valence-electron chi connectivity index (χ3n) is 5.72. The number of aromatic nitrogens is 4. The number of thiophene rings is 2. The van der Waals surface area contributed by atoms with Gasteiger partial charge < -0.3 is 25.5 Å². The van der Waals surface area contributed by atoms with Crippen LogP contribution in [0.3, 0.4) is 0 Å². The summed E-state index contributed by atoms with van der Waals surface area (Å²) in [4.78, 5) is 32.4. The van der Waals surface area contributed by atoms with E-state index in [0.29, 0.717) is 17.5 Å². The number of aryl methyl sites for hydroxylation is 3. The zero-order valence-corrected chi connectivity index (χ0v) is 25.0. The maximum atomic E-state index is 12.1. The van der Waals surface area contributed by atoms with Crippen LogP contribution in [0.25, 0.3) is 20.2 Å². The van der Waals surface area contributed by atoms with Gasteiger partial charge in [0.05, 0.1) is 5.69 Å². The number of fused-ring (bicyclic) bond motifs is 2. The number of nitrogens with two attached hydrogens (primary N) is 1. The number of benzene rings is 2. The highest BCUT2D eigenvalue weighted by Gasteiger charge is 2.14. The third-order valence-corrected chi connectivity index (χ3v) is 7.51. The topological polar surface area (TPSA) is 120 Å². The highest BCUT2D eigenvalue weighted by molar-refractivity contribution is 7.17. The number of anilines is 3. The molecule has 9 nitrogen and oxygen atoms in total. The molecule has 208 valence electrons. The first-order chi connectivity index (χ1) is 18.3. The average molecular weight is 617 g/mol. The van der Waals surface area contributed by atoms with Gasteiger partial charge in [0.2, 0.25) is 5.82 Å². The number of nitrogens with one attached hydrogen (secondary N) is 2. The fourth-order valence-electron chi connectivity index (χ4n) is 3.99. The molecule has 4 N–H and O–H groups in total. The van der Waals surface area contributed by atoms with E-state index in [1.165, 1.54) is 9.40 Å². The number of carbonyl (C=O) groups is 2. The highest BCUT2D eigenvalue weighted by atomic mass is 35.5. The molecular formula is C27H27Cl2N7O2S2. The summed E-state index contributed by atoms with van der Waals surface area (Å²) in [7, 11) is 3.55. The van der Waals surface area contributed by atoms with Crippen LogP contribution in [0, 0.1) is 6.92 Å². The van der Waals surface area contributed by atoms with Gasteiger partial charge in [-0.15, -0.1) is 47.5 Å². The molecule has 0 unspecified atom stereocenters. The number of carbonyl (C=O) groups excluding carboxylic acids is 2. The van der Waals surface area contributed by atoms with Crippen molar-refractivity contribution in [1.82, 2.24) is 19.1 Å². The Morgan fingerprint density at radius 1 is 0.750 bits per heavy atom. The zero-order chi connectivity index (χ0) is 26.8. The molecule has 13 heteroatoms. The first kappa shape index (κ1) is 30.6. The SMILES string of the molecule is Cc1cn(C)c(C(=O)Nc2ccc3sccc3c2)n1.Cl.Cl.Cn1cc(N)nc1C(=O)Nc1ccc2sccc2c1. The van der Waals surface area contributed by atoms with Crippen LogP contribution < -0.4 is 16.4 Å². The van der Waals surface area contributed by atoms with Crippen molar-refractivity contribution in [3.05, 3.63) is 89.0 Å². The molecule has 0 atom stereocenters. The number of hydrogen-bond acceptors (Lipinski definition) is 7. The van der Waals surface area contributed by atoms with Crippen LogP contribution in [0.4, 0.5) is 17.2 Å². The van der Waals surface area contributed by atoms with E-state index < -0.39 is 0 Å². The Balaban J connectivity index is 0.000000210. The second kappa shape index (κ2) is 13.0. The maximum Gasteiger partial charge on any atom is 0.291 e. The van der Waals surface area contributed by atoms with E-state index >= 15 is 0 Å². The Kier molecular flexibility index (Phi) is 9.93. The van der Waals surface area contributed by atoms with Gasteiger partial charge in [-0.1, -0.05) is 0 Å². The van der Waals surface area contributed by atoms with Gasteiger partial charge in [0.25, 0.3) is 11.8 Å². The summed E-state index contributed by atoms with van der Waals surface area (Å²) in [6.07, 6.45) is 3.44. The number of amides is 2. The number of hydrogen-bond donors (Lipinski definition) is 3. The Hall–Kier alpha value is -3.90. The molecule has 2 amide bonds. The molecule has 4 aromatic heterocycles. The largest absolute Gasteiger partial charge is 0.382 e. The number of nitrogens with zero attached hydrogens (tertiary/aromatic N) is 4. The van der Waals surface area contributed by atoms with Crippen LogP contribution in [0.15, 0.2) is 71.7 Å². The minimum Gasteiger partial charge on any atom is -0.382 e. The lowest BCUT2D eigenvalue weighted by Crippen LogP contribution is -2.16. The van der Waals surface area contributed by atoms with Crippen molar-refractivity contribution in [3.8, 4) is 0 Å². The highest BCUT2D eigenvalue weighted by Crippen LogP contribution is 2.25. The van der Waals surface area contributed by atoms with Crippen molar-refractivity contribution >= 4 is 96.7 Å². The van der Waals surface area contributed by atoms with E-state index in [9.17, 15) is 9.59 Å². The summed E-state index contributed by atoms with van der Waals surface area (Å²) in [5.74, 6) is 0.589. The van der Waals surface area contributed by atoms with Crippen molar-refractivity contribution in [3.63, 3.8) is 0 Å². The number of halogens is 2. The molecular weight excluding hydrogens is 589 g/mol. The average Bonchev–Trinajstić information content (AvgIpc) is 3.66. The summed E-state index contributed by atoms with van der Waals surface area (Å²) < 4.78 is 5.74. The summed E-state index contributed by atoms with van der Waals surface area (Å²) in [5, 5.41) is 12.0. The van der Waals surface area contributed by atoms with Crippen molar-refractivity contribution in [2.45, 2.75) is 6.92 Å². The Morgan fingerprint density at radius 2 is 1.23 bits per heavy atom. The fraction of sp³-hybridized carbons (Fsp3) is 0.111. The molecule has 0 saturated carbocycles. The number of nitrogen functional groups attached to an aromatic ring is 1. The van der Waals surface area contributed by atoms with E-state index in [1.807, 2.05) is 79.5 Å². The van der Waals surface area contributed by atoms with Gasteiger partial charge in [0.1, 0.15) is 5.82 Å². The molecule has 0 radical (unpaired) electrons. The van der Waals surface area contributed by atoms with Crippen LogP contribution in [0.2, 0.25) is 0 Å². The Bertz CT molecular complexity index is 1660. The summed E-state index contributed by atoms with van der Waals surface area (Å²) in [5.41, 5.74) is 7.93. The van der Waals surface area contributed by atoms with Crippen LogP contribution >= 0.6 is 47.5 Å². The van der Waals surface area contributed by atoms with E-state index in [2.05, 4.69) is 20.6 Å². The normalized spacial score (nSPS) is 10.3. The van der Waals surface area contributed by atoms with Crippen LogP contribution in [-0.2, 0) is 14.1 Å². The Morgan fingerprint density at radius 3 is 1.65 bits per heavy atom. The van der Waals surface area contributed by atoms with Crippen molar-refractivity contribution in [1.29, 1.82) is 0 Å². The van der Waals surface area contributed by atoms with E-state index in [-0.39, 0.29) is 36.6 Å². The molecule has 0 aliphatic carbocycles. The van der Waals surface area contributed by atoms with Gasteiger partial charge in [-0.3, -0.25) is 9.59 Å². The molecule has 4 heterocycles. The molecule has 0 aliphatic heterocycles. The van der Waals surface area contributed by atoms with Crippen LogP contribution in [-0.4, -0.2) is 30.9 Å². The Labute approximate surface area is 250 Å². The van der Waals surface area contributed by atoms with Gasteiger partial charge in [-0.2, -0.15) is 0 Å².